The van der Waals surface area contributed by atoms with E-state index in [2.05, 4.69) is 13.0 Å². The lowest BCUT2D eigenvalue weighted by Crippen LogP contribution is -2.09. The van der Waals surface area contributed by atoms with Gasteiger partial charge in [-0.2, -0.15) is 0 Å². The first-order valence-electron chi connectivity index (χ1n) is 4.96. The summed E-state index contributed by atoms with van der Waals surface area (Å²) in [6.45, 7) is 5.91. The second-order valence-corrected chi connectivity index (χ2v) is 3.64. The van der Waals surface area contributed by atoms with Crippen molar-refractivity contribution in [3.63, 3.8) is 0 Å². The molecule has 2 nitrogen and oxygen atoms in total. The van der Waals surface area contributed by atoms with Gasteiger partial charge in [0.2, 0.25) is 0 Å². The fourth-order valence-corrected chi connectivity index (χ4v) is 1.21. The Balaban J connectivity index is 3.77. The summed E-state index contributed by atoms with van der Waals surface area (Å²) in [4.78, 5) is 10.5. The Bertz CT molecular complexity index is 183. The first-order valence-corrected chi connectivity index (χ1v) is 4.96. The minimum absolute atomic E-state index is 0.252. The van der Waals surface area contributed by atoms with Gasteiger partial charge in [-0.15, -0.1) is 0 Å². The largest absolute Gasteiger partial charge is 0.481 e. The van der Waals surface area contributed by atoms with Gasteiger partial charge in [-0.3, -0.25) is 4.79 Å². The number of hydrogen-bond donors (Lipinski definition) is 1. The zero-order valence-corrected chi connectivity index (χ0v) is 8.84. The monoisotopic (exact) mass is 184 g/mol. The molecule has 0 heterocycles. The van der Waals surface area contributed by atoms with Crippen molar-refractivity contribution in [1.82, 2.24) is 0 Å². The van der Waals surface area contributed by atoms with Crippen LogP contribution in [-0.2, 0) is 4.79 Å². The summed E-state index contributed by atoms with van der Waals surface area (Å²) in [5.41, 5.74) is 1.20. The molecule has 0 aromatic rings. The van der Waals surface area contributed by atoms with Gasteiger partial charge in [0.1, 0.15) is 0 Å². The molecule has 0 aliphatic rings. The molecule has 0 fully saturated rings. The zero-order valence-electron chi connectivity index (χ0n) is 8.84. The summed E-state index contributed by atoms with van der Waals surface area (Å²) in [7, 11) is 0. The van der Waals surface area contributed by atoms with Gasteiger partial charge in [0.25, 0.3) is 0 Å². The number of hydrogen-bond acceptors (Lipinski definition) is 1. The van der Waals surface area contributed by atoms with Crippen LogP contribution in [0, 0.1) is 5.92 Å². The van der Waals surface area contributed by atoms with Crippen molar-refractivity contribution in [3.8, 4) is 0 Å². The van der Waals surface area contributed by atoms with Crippen molar-refractivity contribution >= 4 is 5.97 Å². The summed E-state index contributed by atoms with van der Waals surface area (Å²) in [6, 6.07) is 0. The second kappa shape index (κ2) is 6.70. The van der Waals surface area contributed by atoms with E-state index in [0.717, 1.165) is 6.42 Å². The average Bonchev–Trinajstić information content (AvgIpc) is 2.04. The van der Waals surface area contributed by atoms with Crippen LogP contribution in [0.3, 0.4) is 0 Å². The molecule has 2 heteroatoms. The lowest BCUT2D eigenvalue weighted by molar-refractivity contribution is -0.141. The fourth-order valence-electron chi connectivity index (χ4n) is 1.21. The van der Waals surface area contributed by atoms with Crippen LogP contribution in [-0.4, -0.2) is 11.1 Å². The molecule has 0 saturated carbocycles. The van der Waals surface area contributed by atoms with Crippen molar-refractivity contribution in [2.45, 2.75) is 46.5 Å². The van der Waals surface area contributed by atoms with Gasteiger partial charge in [0.15, 0.2) is 0 Å². The standard InChI is InChI=1S/C11H20O2/c1-4-5-6-7-9(2)8-10(3)11(12)13/h7,10H,4-6,8H2,1-3H3,(H,12,13)/b9-7+. The number of rotatable bonds is 6. The van der Waals surface area contributed by atoms with Crippen LogP contribution in [0.1, 0.15) is 46.5 Å². The predicted molar refractivity (Wildman–Crippen MR) is 54.7 cm³/mol. The lowest BCUT2D eigenvalue weighted by atomic mass is 10.0. The van der Waals surface area contributed by atoms with E-state index < -0.39 is 5.97 Å². The highest BCUT2D eigenvalue weighted by molar-refractivity contribution is 5.69. The SMILES string of the molecule is CCCC/C=C(\C)CC(C)C(=O)O. The van der Waals surface area contributed by atoms with Gasteiger partial charge in [-0.25, -0.2) is 0 Å². The number of carboxylic acids is 1. The van der Waals surface area contributed by atoms with Crippen LogP contribution in [0.15, 0.2) is 11.6 Å². The Hall–Kier alpha value is -0.790. The topological polar surface area (TPSA) is 37.3 Å². The number of allylic oxidation sites excluding steroid dienone is 2. The molecule has 0 spiro atoms. The normalized spacial score (nSPS) is 14.2. The van der Waals surface area contributed by atoms with Crippen LogP contribution in [0.2, 0.25) is 0 Å². The number of unbranched alkanes of at least 4 members (excludes halogenated alkanes) is 2. The minimum Gasteiger partial charge on any atom is -0.481 e. The smallest absolute Gasteiger partial charge is 0.306 e. The molecule has 0 aliphatic heterocycles. The Morgan fingerprint density at radius 1 is 1.54 bits per heavy atom. The van der Waals surface area contributed by atoms with Crippen molar-refractivity contribution in [2.75, 3.05) is 0 Å². The van der Waals surface area contributed by atoms with Crippen LogP contribution in [0.25, 0.3) is 0 Å². The van der Waals surface area contributed by atoms with Gasteiger partial charge in [0.05, 0.1) is 5.92 Å². The maximum absolute atomic E-state index is 10.5. The first-order chi connectivity index (χ1) is 6.07. The molecule has 76 valence electrons. The highest BCUT2D eigenvalue weighted by atomic mass is 16.4. The number of carboxylic acid groups (broad SMARTS) is 1. The van der Waals surface area contributed by atoms with E-state index in [1.807, 2.05) is 6.92 Å². The van der Waals surface area contributed by atoms with E-state index in [0.29, 0.717) is 6.42 Å². The van der Waals surface area contributed by atoms with E-state index in [1.54, 1.807) is 6.92 Å². The van der Waals surface area contributed by atoms with Gasteiger partial charge in [-0.1, -0.05) is 38.3 Å². The molecule has 0 aliphatic carbocycles. The highest BCUT2D eigenvalue weighted by Gasteiger charge is 2.10. The van der Waals surface area contributed by atoms with Gasteiger partial charge in [0, 0.05) is 0 Å². The molecule has 0 amide bonds. The predicted octanol–water partition coefficient (Wildman–Crippen LogP) is 3.23. The third-order valence-electron chi connectivity index (χ3n) is 2.10. The molecule has 0 aromatic heterocycles. The van der Waals surface area contributed by atoms with E-state index in [9.17, 15) is 4.79 Å². The van der Waals surface area contributed by atoms with Crippen LogP contribution < -0.4 is 0 Å². The van der Waals surface area contributed by atoms with Crippen molar-refractivity contribution < 1.29 is 9.90 Å². The molecule has 0 saturated heterocycles. The molecule has 0 radical (unpaired) electrons. The van der Waals surface area contributed by atoms with Gasteiger partial charge < -0.3 is 5.11 Å². The molecule has 1 atom stereocenters. The molecular formula is C11H20O2. The third kappa shape index (κ3) is 6.38. The zero-order chi connectivity index (χ0) is 10.3. The summed E-state index contributed by atoms with van der Waals surface area (Å²) in [5, 5.41) is 8.68. The fraction of sp³-hybridized carbons (Fsp3) is 0.727. The quantitative estimate of drug-likeness (QED) is 0.508. The summed E-state index contributed by atoms with van der Waals surface area (Å²) in [6.07, 6.45) is 6.30. The van der Waals surface area contributed by atoms with Crippen molar-refractivity contribution in [1.29, 1.82) is 0 Å². The van der Waals surface area contributed by atoms with E-state index in [-0.39, 0.29) is 5.92 Å². The van der Waals surface area contributed by atoms with E-state index >= 15 is 0 Å². The highest BCUT2D eigenvalue weighted by Crippen LogP contribution is 2.12. The van der Waals surface area contributed by atoms with Crippen LogP contribution >= 0.6 is 0 Å². The Labute approximate surface area is 80.7 Å². The summed E-state index contributed by atoms with van der Waals surface area (Å²) < 4.78 is 0. The molecule has 13 heavy (non-hydrogen) atoms. The maximum Gasteiger partial charge on any atom is 0.306 e. The molecule has 0 bridgehead atoms. The van der Waals surface area contributed by atoms with Gasteiger partial charge in [-0.05, 0) is 19.8 Å². The molecule has 0 aromatic carbocycles. The van der Waals surface area contributed by atoms with Crippen LogP contribution in [0.4, 0.5) is 0 Å². The first kappa shape index (κ1) is 12.2. The molecule has 0 rings (SSSR count). The number of carbonyl (C=O) groups is 1. The lowest BCUT2D eigenvalue weighted by Gasteiger charge is -2.05. The van der Waals surface area contributed by atoms with Crippen LogP contribution in [0.5, 0.6) is 0 Å². The summed E-state index contributed by atoms with van der Waals surface area (Å²) >= 11 is 0. The molecule has 1 N–H and O–H groups in total. The Morgan fingerprint density at radius 3 is 2.62 bits per heavy atom. The van der Waals surface area contributed by atoms with Gasteiger partial charge >= 0.3 is 5.97 Å². The van der Waals surface area contributed by atoms with Crippen molar-refractivity contribution in [3.05, 3.63) is 11.6 Å². The van der Waals surface area contributed by atoms with E-state index in [4.69, 9.17) is 5.11 Å². The van der Waals surface area contributed by atoms with Crippen molar-refractivity contribution in [2.24, 2.45) is 5.92 Å². The second-order valence-electron chi connectivity index (χ2n) is 3.64. The summed E-state index contributed by atoms with van der Waals surface area (Å²) in [5.74, 6) is -0.957. The third-order valence-corrected chi connectivity index (χ3v) is 2.10. The Morgan fingerprint density at radius 2 is 2.15 bits per heavy atom. The molecular weight excluding hydrogens is 164 g/mol. The van der Waals surface area contributed by atoms with E-state index in [1.165, 1.54) is 18.4 Å². The minimum atomic E-state index is -0.705. The molecule has 1 unspecified atom stereocenters. The average molecular weight is 184 g/mol. The maximum atomic E-state index is 10.5. The Kier molecular flexibility index (Phi) is 6.29. The number of aliphatic carboxylic acids is 1.